The van der Waals surface area contributed by atoms with E-state index in [0.29, 0.717) is 0 Å². The van der Waals surface area contributed by atoms with Gasteiger partial charge in [-0.25, -0.2) is 14.2 Å². The van der Waals surface area contributed by atoms with Gasteiger partial charge in [0, 0.05) is 6.20 Å². The highest BCUT2D eigenvalue weighted by Gasteiger charge is 2.19. The van der Waals surface area contributed by atoms with Gasteiger partial charge in [-0.15, -0.1) is 0 Å². The molecule has 0 fully saturated rings. The number of benzene rings is 1. The predicted molar refractivity (Wildman–Crippen MR) is 67.2 cm³/mol. The summed E-state index contributed by atoms with van der Waals surface area (Å²) in [6, 6.07) is 4.15. The van der Waals surface area contributed by atoms with Gasteiger partial charge < -0.3 is 15.5 Å². The van der Waals surface area contributed by atoms with E-state index >= 15 is 0 Å². The Hall–Kier alpha value is -3.03. The number of nitrogens with zero attached hydrogens (tertiary/aromatic N) is 1. The summed E-state index contributed by atoms with van der Waals surface area (Å²) in [7, 11) is 0. The first kappa shape index (κ1) is 14.4. The Morgan fingerprint density at radius 3 is 2.52 bits per heavy atom. The minimum absolute atomic E-state index is 0.165. The van der Waals surface area contributed by atoms with Crippen molar-refractivity contribution >= 4 is 17.6 Å². The van der Waals surface area contributed by atoms with Crippen molar-refractivity contribution in [2.75, 3.05) is 5.32 Å². The average molecular weight is 294 g/mol. The Balaban J connectivity index is 2.36. The van der Waals surface area contributed by atoms with Crippen LogP contribution in [0.25, 0.3) is 0 Å². The Bertz CT molecular complexity index is 734. The lowest BCUT2D eigenvalue weighted by Crippen LogP contribution is -2.17. The van der Waals surface area contributed by atoms with Crippen molar-refractivity contribution < 1.29 is 28.6 Å². The molecule has 1 amide bonds. The molecule has 6 nitrogen and oxygen atoms in total. The highest BCUT2D eigenvalue weighted by molar-refractivity contribution is 6.07. The fraction of sp³-hybridized carbons (Fsp3) is 0. The van der Waals surface area contributed by atoms with Crippen molar-refractivity contribution in [2.45, 2.75) is 0 Å². The van der Waals surface area contributed by atoms with Gasteiger partial charge in [-0.3, -0.25) is 4.79 Å². The lowest BCUT2D eigenvalue weighted by Gasteiger charge is -2.09. The fourth-order valence-electron chi connectivity index (χ4n) is 1.60. The lowest BCUT2D eigenvalue weighted by atomic mass is 10.1. The van der Waals surface area contributed by atoms with E-state index in [1.165, 1.54) is 0 Å². The molecular weight excluding hydrogens is 286 g/mol. The zero-order valence-corrected chi connectivity index (χ0v) is 10.3. The van der Waals surface area contributed by atoms with Crippen LogP contribution in [0, 0.1) is 11.8 Å². The third-order valence-corrected chi connectivity index (χ3v) is 2.57. The van der Waals surface area contributed by atoms with E-state index in [1.807, 2.05) is 0 Å². The monoisotopic (exact) mass is 294 g/mol. The number of pyridine rings is 1. The van der Waals surface area contributed by atoms with Gasteiger partial charge in [0.05, 0.1) is 16.8 Å². The van der Waals surface area contributed by atoms with Gasteiger partial charge in [-0.05, 0) is 24.3 Å². The molecule has 0 aliphatic heterocycles. The molecular formula is C13H8F2N2O4. The average Bonchev–Trinajstić information content (AvgIpc) is 2.43. The van der Waals surface area contributed by atoms with E-state index in [4.69, 9.17) is 5.11 Å². The second-order valence-electron chi connectivity index (χ2n) is 3.95. The van der Waals surface area contributed by atoms with E-state index in [0.717, 1.165) is 30.5 Å². The molecule has 108 valence electrons. The minimum atomic E-state index is -1.44. The van der Waals surface area contributed by atoms with Crippen LogP contribution in [0.1, 0.15) is 20.7 Å². The van der Waals surface area contributed by atoms with Gasteiger partial charge in [-0.2, -0.15) is 4.39 Å². The third-order valence-electron chi connectivity index (χ3n) is 2.57. The number of carboxylic acid groups (broad SMARTS) is 1. The summed E-state index contributed by atoms with van der Waals surface area (Å²) in [5.74, 6) is -5.63. The summed E-state index contributed by atoms with van der Waals surface area (Å²) in [6.45, 7) is 0. The number of carbonyl (C=O) groups is 2. The molecule has 0 saturated heterocycles. The summed E-state index contributed by atoms with van der Waals surface area (Å²) in [5.41, 5.74) is -1.17. The molecule has 3 N–H and O–H groups in total. The van der Waals surface area contributed by atoms with Crippen LogP contribution in [-0.2, 0) is 0 Å². The van der Waals surface area contributed by atoms with E-state index in [-0.39, 0.29) is 11.4 Å². The SMILES string of the molecule is O=C(O)c1cc(O)ccc1NC(=O)c1ccnc(F)c1F. The van der Waals surface area contributed by atoms with Crippen molar-refractivity contribution in [3.63, 3.8) is 0 Å². The number of hydrogen-bond acceptors (Lipinski definition) is 4. The van der Waals surface area contributed by atoms with Crippen LogP contribution in [0.15, 0.2) is 30.5 Å². The number of aromatic hydroxyl groups is 1. The van der Waals surface area contributed by atoms with Gasteiger partial charge in [0.2, 0.25) is 5.95 Å². The van der Waals surface area contributed by atoms with Crippen molar-refractivity contribution in [3.8, 4) is 5.75 Å². The van der Waals surface area contributed by atoms with Crippen LogP contribution in [0.2, 0.25) is 0 Å². The Labute approximate surface area is 116 Å². The zero-order valence-electron chi connectivity index (χ0n) is 10.3. The molecule has 2 rings (SSSR count). The number of rotatable bonds is 3. The Kier molecular flexibility index (Phi) is 3.79. The standard InChI is InChI=1S/C13H8F2N2O4/c14-10-7(3-4-16-11(10)15)12(19)17-9-2-1-6(18)5-8(9)13(20)21/h1-5,18H,(H,17,19)(H,20,21). The largest absolute Gasteiger partial charge is 0.508 e. The maximum atomic E-state index is 13.4. The normalized spacial score (nSPS) is 10.2. The first-order valence-corrected chi connectivity index (χ1v) is 5.58. The van der Waals surface area contributed by atoms with Crippen molar-refractivity contribution in [2.24, 2.45) is 0 Å². The zero-order chi connectivity index (χ0) is 15.6. The number of nitrogens with one attached hydrogen (secondary N) is 1. The van der Waals surface area contributed by atoms with Crippen molar-refractivity contribution in [1.29, 1.82) is 0 Å². The van der Waals surface area contributed by atoms with Gasteiger partial charge in [0.15, 0.2) is 5.82 Å². The number of anilines is 1. The third kappa shape index (κ3) is 2.94. The van der Waals surface area contributed by atoms with Crippen molar-refractivity contribution in [3.05, 3.63) is 53.4 Å². The number of carboxylic acids is 1. The van der Waals surface area contributed by atoms with Crippen LogP contribution in [-0.4, -0.2) is 27.1 Å². The topological polar surface area (TPSA) is 99.5 Å². The minimum Gasteiger partial charge on any atom is -0.508 e. The summed E-state index contributed by atoms with van der Waals surface area (Å²) in [5, 5.41) is 20.3. The number of amides is 1. The first-order chi connectivity index (χ1) is 9.90. The van der Waals surface area contributed by atoms with E-state index in [9.17, 15) is 23.5 Å². The number of phenols is 1. The molecule has 21 heavy (non-hydrogen) atoms. The van der Waals surface area contributed by atoms with E-state index in [2.05, 4.69) is 10.3 Å². The first-order valence-electron chi connectivity index (χ1n) is 5.58. The second-order valence-corrected chi connectivity index (χ2v) is 3.95. The second kappa shape index (κ2) is 5.53. The van der Waals surface area contributed by atoms with Gasteiger partial charge in [0.1, 0.15) is 5.75 Å². The number of halogens is 2. The maximum absolute atomic E-state index is 13.4. The number of phenolic OH excluding ortho intramolecular Hbond substituents is 1. The molecule has 0 bridgehead atoms. The quantitative estimate of drug-likeness (QED) is 0.594. The molecule has 1 aromatic carbocycles. The van der Waals surface area contributed by atoms with E-state index in [1.54, 1.807) is 0 Å². The lowest BCUT2D eigenvalue weighted by molar-refractivity contribution is 0.0697. The Morgan fingerprint density at radius 2 is 1.86 bits per heavy atom. The number of hydrogen-bond donors (Lipinski definition) is 3. The molecule has 0 radical (unpaired) electrons. The van der Waals surface area contributed by atoms with Crippen molar-refractivity contribution in [1.82, 2.24) is 4.98 Å². The molecule has 0 atom stereocenters. The summed E-state index contributed by atoms with van der Waals surface area (Å²) in [4.78, 5) is 25.9. The number of aromatic nitrogens is 1. The van der Waals surface area contributed by atoms with Gasteiger partial charge in [0.25, 0.3) is 5.91 Å². The smallest absolute Gasteiger partial charge is 0.337 e. The highest BCUT2D eigenvalue weighted by atomic mass is 19.2. The molecule has 8 heteroatoms. The predicted octanol–water partition coefficient (Wildman–Crippen LogP) is 2.02. The van der Waals surface area contributed by atoms with Crippen LogP contribution in [0.5, 0.6) is 5.75 Å². The molecule has 0 unspecified atom stereocenters. The maximum Gasteiger partial charge on any atom is 0.337 e. The summed E-state index contributed by atoms with van der Waals surface area (Å²) in [6.07, 6.45) is 0.905. The van der Waals surface area contributed by atoms with Crippen LogP contribution in [0.3, 0.4) is 0 Å². The van der Waals surface area contributed by atoms with E-state index < -0.39 is 34.8 Å². The molecule has 0 aliphatic carbocycles. The summed E-state index contributed by atoms with van der Waals surface area (Å²) >= 11 is 0. The summed E-state index contributed by atoms with van der Waals surface area (Å²) < 4.78 is 26.4. The molecule has 0 saturated carbocycles. The molecule has 1 heterocycles. The van der Waals surface area contributed by atoms with Crippen LogP contribution in [0.4, 0.5) is 14.5 Å². The molecule has 1 aromatic heterocycles. The van der Waals surface area contributed by atoms with Crippen LogP contribution >= 0.6 is 0 Å². The molecule has 2 aromatic rings. The van der Waals surface area contributed by atoms with Gasteiger partial charge >= 0.3 is 5.97 Å². The molecule has 0 spiro atoms. The van der Waals surface area contributed by atoms with Crippen LogP contribution < -0.4 is 5.32 Å². The fourth-order valence-corrected chi connectivity index (χ4v) is 1.60. The number of carbonyl (C=O) groups excluding carboxylic acids is 1. The van der Waals surface area contributed by atoms with Gasteiger partial charge in [-0.1, -0.05) is 0 Å². The Morgan fingerprint density at radius 1 is 1.14 bits per heavy atom. The number of aromatic carboxylic acids is 1. The highest BCUT2D eigenvalue weighted by Crippen LogP contribution is 2.22. The molecule has 0 aliphatic rings.